The van der Waals surface area contributed by atoms with E-state index in [1.165, 1.54) is 0 Å². The Balaban J connectivity index is 1.47. The molecule has 3 heterocycles. The highest BCUT2D eigenvalue weighted by atomic mass is 16.5. The predicted molar refractivity (Wildman–Crippen MR) is 81.1 cm³/mol. The van der Waals surface area contributed by atoms with Crippen LogP contribution in [0, 0.1) is 5.92 Å². The van der Waals surface area contributed by atoms with Gasteiger partial charge in [0.05, 0.1) is 11.3 Å². The van der Waals surface area contributed by atoms with Gasteiger partial charge in [-0.1, -0.05) is 5.16 Å². The highest BCUT2D eigenvalue weighted by Gasteiger charge is 2.21. The summed E-state index contributed by atoms with van der Waals surface area (Å²) >= 11 is 0. The molecule has 1 atom stereocenters. The van der Waals surface area contributed by atoms with Crippen LogP contribution < -0.4 is 5.32 Å². The topological polar surface area (TPSA) is 71.3 Å². The Kier molecular flexibility index (Phi) is 4.80. The van der Waals surface area contributed by atoms with Crippen LogP contribution in [0.2, 0.25) is 0 Å². The molecule has 1 fully saturated rings. The lowest BCUT2D eigenvalue weighted by Gasteiger charge is -2.32. The van der Waals surface area contributed by atoms with Gasteiger partial charge in [-0.05, 0) is 37.4 Å². The van der Waals surface area contributed by atoms with Crippen LogP contribution in [0.15, 0.2) is 41.4 Å². The van der Waals surface area contributed by atoms with Gasteiger partial charge >= 0.3 is 0 Å². The molecule has 2 aromatic rings. The quantitative estimate of drug-likeness (QED) is 0.910. The SMILES string of the molecule is O=C(NC[C@H]1CCCN(Cc2ccon2)C1)c1cccnc1. The Hall–Kier alpha value is -2.21. The van der Waals surface area contributed by atoms with E-state index in [4.69, 9.17) is 4.52 Å². The number of aromatic nitrogens is 2. The lowest BCUT2D eigenvalue weighted by atomic mass is 9.97. The van der Waals surface area contributed by atoms with Crippen LogP contribution in [0.25, 0.3) is 0 Å². The van der Waals surface area contributed by atoms with Crippen LogP contribution in [0.3, 0.4) is 0 Å². The number of hydrogen-bond acceptors (Lipinski definition) is 5. The molecule has 116 valence electrons. The van der Waals surface area contributed by atoms with Gasteiger partial charge in [-0.25, -0.2) is 0 Å². The first kappa shape index (κ1) is 14.7. The summed E-state index contributed by atoms with van der Waals surface area (Å²) in [5.41, 5.74) is 1.57. The minimum absolute atomic E-state index is 0.0540. The number of nitrogens with zero attached hydrogens (tertiary/aromatic N) is 3. The molecular formula is C16H20N4O2. The first-order valence-electron chi connectivity index (χ1n) is 7.61. The molecule has 0 aliphatic carbocycles. The van der Waals surface area contributed by atoms with Crippen LogP contribution in [0.4, 0.5) is 0 Å². The smallest absolute Gasteiger partial charge is 0.252 e. The van der Waals surface area contributed by atoms with Crippen molar-refractivity contribution in [1.82, 2.24) is 20.4 Å². The number of piperidine rings is 1. The average Bonchev–Trinajstić information content (AvgIpc) is 3.07. The molecule has 0 spiro atoms. The number of pyridine rings is 1. The second-order valence-corrected chi connectivity index (χ2v) is 5.69. The van der Waals surface area contributed by atoms with Crippen molar-refractivity contribution in [2.24, 2.45) is 5.92 Å². The number of rotatable bonds is 5. The van der Waals surface area contributed by atoms with Crippen molar-refractivity contribution in [3.05, 3.63) is 48.1 Å². The molecule has 0 bridgehead atoms. The van der Waals surface area contributed by atoms with Gasteiger partial charge in [-0.15, -0.1) is 0 Å². The second kappa shape index (κ2) is 7.17. The molecule has 1 amide bonds. The van der Waals surface area contributed by atoms with Crippen LogP contribution in [0.1, 0.15) is 28.9 Å². The van der Waals surface area contributed by atoms with E-state index in [1.807, 2.05) is 6.07 Å². The van der Waals surface area contributed by atoms with Gasteiger partial charge in [-0.3, -0.25) is 14.7 Å². The van der Waals surface area contributed by atoms with Gasteiger partial charge in [0.25, 0.3) is 5.91 Å². The molecule has 0 unspecified atom stereocenters. The Morgan fingerprint density at radius 3 is 3.18 bits per heavy atom. The van der Waals surface area contributed by atoms with Crippen LogP contribution >= 0.6 is 0 Å². The number of likely N-dealkylation sites (tertiary alicyclic amines) is 1. The Labute approximate surface area is 129 Å². The number of nitrogens with one attached hydrogen (secondary N) is 1. The third kappa shape index (κ3) is 3.92. The fourth-order valence-corrected chi connectivity index (χ4v) is 2.85. The third-order valence-electron chi connectivity index (χ3n) is 3.95. The minimum atomic E-state index is -0.0540. The van der Waals surface area contributed by atoms with E-state index in [0.717, 1.165) is 38.2 Å². The summed E-state index contributed by atoms with van der Waals surface area (Å²) in [7, 11) is 0. The predicted octanol–water partition coefficient (Wildman–Crippen LogP) is 1.71. The summed E-state index contributed by atoms with van der Waals surface area (Å²) in [6, 6.07) is 5.45. The van der Waals surface area contributed by atoms with Crippen molar-refractivity contribution >= 4 is 5.91 Å². The molecule has 1 N–H and O–H groups in total. The zero-order valence-electron chi connectivity index (χ0n) is 12.4. The van der Waals surface area contributed by atoms with Crippen LogP contribution in [0.5, 0.6) is 0 Å². The zero-order chi connectivity index (χ0) is 15.2. The zero-order valence-corrected chi connectivity index (χ0v) is 12.4. The molecule has 0 radical (unpaired) electrons. The summed E-state index contributed by atoms with van der Waals surface area (Å²) < 4.78 is 4.87. The lowest BCUT2D eigenvalue weighted by molar-refractivity contribution is 0.0929. The van der Waals surface area contributed by atoms with E-state index >= 15 is 0 Å². The molecule has 6 heteroatoms. The summed E-state index contributed by atoms with van der Waals surface area (Å²) in [4.78, 5) is 18.4. The maximum absolute atomic E-state index is 12.0. The maximum Gasteiger partial charge on any atom is 0.252 e. The largest absolute Gasteiger partial charge is 0.364 e. The van der Waals surface area contributed by atoms with E-state index < -0.39 is 0 Å². The average molecular weight is 300 g/mol. The van der Waals surface area contributed by atoms with E-state index in [0.29, 0.717) is 18.0 Å². The first-order valence-corrected chi connectivity index (χ1v) is 7.61. The number of amides is 1. The highest BCUT2D eigenvalue weighted by molar-refractivity contribution is 5.93. The lowest BCUT2D eigenvalue weighted by Crippen LogP contribution is -2.40. The number of hydrogen-bond donors (Lipinski definition) is 1. The molecule has 6 nitrogen and oxygen atoms in total. The molecular weight excluding hydrogens is 280 g/mol. The van der Waals surface area contributed by atoms with Crippen LogP contribution in [-0.4, -0.2) is 40.6 Å². The first-order chi connectivity index (χ1) is 10.8. The van der Waals surface area contributed by atoms with Crippen molar-refractivity contribution in [2.75, 3.05) is 19.6 Å². The van der Waals surface area contributed by atoms with Gasteiger partial charge in [0.1, 0.15) is 6.26 Å². The van der Waals surface area contributed by atoms with Gasteiger partial charge in [-0.2, -0.15) is 0 Å². The molecule has 1 aliphatic rings. The molecule has 3 rings (SSSR count). The Bertz CT molecular complexity index is 585. The van der Waals surface area contributed by atoms with Gasteiger partial charge in [0.2, 0.25) is 0 Å². The summed E-state index contributed by atoms with van der Waals surface area (Å²) in [6.45, 7) is 3.55. The fourth-order valence-electron chi connectivity index (χ4n) is 2.85. The van der Waals surface area contributed by atoms with Crippen molar-refractivity contribution in [3.8, 4) is 0 Å². The number of carbonyl (C=O) groups excluding carboxylic acids is 1. The molecule has 0 saturated carbocycles. The van der Waals surface area contributed by atoms with Crippen molar-refractivity contribution in [1.29, 1.82) is 0 Å². The standard InChI is InChI=1S/C16H20N4O2/c21-16(14-4-1-6-17-10-14)18-9-13-3-2-7-20(11-13)12-15-5-8-22-19-15/h1,4-6,8,10,13H,2-3,7,9,11-12H2,(H,18,21)/t13-/m1/s1. The molecule has 1 saturated heterocycles. The normalized spacial score (nSPS) is 19.0. The molecule has 1 aliphatic heterocycles. The van der Waals surface area contributed by atoms with Gasteiger partial charge < -0.3 is 9.84 Å². The highest BCUT2D eigenvalue weighted by Crippen LogP contribution is 2.17. The van der Waals surface area contributed by atoms with Gasteiger partial charge in [0.15, 0.2) is 0 Å². The fraction of sp³-hybridized carbons (Fsp3) is 0.438. The molecule has 22 heavy (non-hydrogen) atoms. The van der Waals surface area contributed by atoms with Crippen molar-refractivity contribution < 1.29 is 9.32 Å². The minimum Gasteiger partial charge on any atom is -0.364 e. The Morgan fingerprint density at radius 2 is 2.41 bits per heavy atom. The van der Waals surface area contributed by atoms with E-state index in [-0.39, 0.29) is 5.91 Å². The van der Waals surface area contributed by atoms with Crippen LogP contribution in [-0.2, 0) is 6.54 Å². The summed E-state index contributed by atoms with van der Waals surface area (Å²) in [5, 5.41) is 6.96. The molecule has 2 aromatic heterocycles. The molecule has 0 aromatic carbocycles. The summed E-state index contributed by atoms with van der Waals surface area (Å²) in [6.07, 6.45) is 7.14. The van der Waals surface area contributed by atoms with Crippen molar-refractivity contribution in [3.63, 3.8) is 0 Å². The second-order valence-electron chi connectivity index (χ2n) is 5.69. The van der Waals surface area contributed by atoms with Gasteiger partial charge in [0, 0.05) is 38.1 Å². The van der Waals surface area contributed by atoms with E-state index in [1.54, 1.807) is 30.8 Å². The number of carbonyl (C=O) groups is 1. The maximum atomic E-state index is 12.0. The van der Waals surface area contributed by atoms with E-state index in [2.05, 4.69) is 20.4 Å². The third-order valence-corrected chi connectivity index (χ3v) is 3.95. The monoisotopic (exact) mass is 300 g/mol. The Morgan fingerprint density at radius 1 is 1.45 bits per heavy atom. The summed E-state index contributed by atoms with van der Waals surface area (Å²) in [5.74, 6) is 0.419. The van der Waals surface area contributed by atoms with E-state index in [9.17, 15) is 4.79 Å². The van der Waals surface area contributed by atoms with Crippen molar-refractivity contribution in [2.45, 2.75) is 19.4 Å².